The van der Waals surface area contributed by atoms with Crippen molar-refractivity contribution >= 4 is 5.90 Å². The lowest BCUT2D eigenvalue weighted by atomic mass is 10.1. The Balaban J connectivity index is 2.95. The molecule has 0 radical (unpaired) electrons. The molecule has 1 heterocycles. The van der Waals surface area contributed by atoms with Crippen LogP contribution in [0.15, 0.2) is 52.7 Å². The Bertz CT molecular complexity index is 530. The maximum Gasteiger partial charge on any atom is 0.220 e. The molecule has 4 heteroatoms. The summed E-state index contributed by atoms with van der Waals surface area (Å²) in [6.45, 7) is 12.6. The van der Waals surface area contributed by atoms with Crippen molar-refractivity contribution < 1.29 is 9.47 Å². The van der Waals surface area contributed by atoms with E-state index in [1.54, 1.807) is 7.11 Å². The van der Waals surface area contributed by atoms with Gasteiger partial charge >= 0.3 is 0 Å². The molecule has 0 spiro atoms. The monoisotopic (exact) mass is 346 g/mol. The highest BCUT2D eigenvalue weighted by molar-refractivity contribution is 5.96. The number of hydrogen-bond acceptors (Lipinski definition) is 4. The van der Waals surface area contributed by atoms with Crippen molar-refractivity contribution in [3.8, 4) is 0 Å². The highest BCUT2D eigenvalue weighted by Gasteiger charge is 2.08. The van der Waals surface area contributed by atoms with Gasteiger partial charge in [0.25, 0.3) is 0 Å². The molecule has 0 saturated heterocycles. The lowest BCUT2D eigenvalue weighted by Gasteiger charge is -2.14. The van der Waals surface area contributed by atoms with E-state index in [0.717, 1.165) is 43.5 Å². The summed E-state index contributed by atoms with van der Waals surface area (Å²) in [5.41, 5.74) is 3.14. The third-order valence-corrected chi connectivity index (χ3v) is 4.08. The van der Waals surface area contributed by atoms with Gasteiger partial charge in [-0.15, -0.1) is 0 Å². The number of ether oxygens (including phenoxy) is 2. The van der Waals surface area contributed by atoms with Crippen LogP contribution in [0.25, 0.3) is 0 Å². The minimum absolute atomic E-state index is 0.458. The van der Waals surface area contributed by atoms with Gasteiger partial charge in [-0.1, -0.05) is 43.4 Å². The van der Waals surface area contributed by atoms with Crippen LogP contribution in [0, 0.1) is 0 Å². The Labute approximate surface area is 153 Å². The van der Waals surface area contributed by atoms with E-state index in [4.69, 9.17) is 14.5 Å². The van der Waals surface area contributed by atoms with E-state index in [9.17, 15) is 0 Å². The van der Waals surface area contributed by atoms with E-state index in [1.807, 2.05) is 6.08 Å². The van der Waals surface area contributed by atoms with Crippen molar-refractivity contribution in [3.63, 3.8) is 0 Å². The maximum absolute atomic E-state index is 5.89. The minimum atomic E-state index is 0.458. The third kappa shape index (κ3) is 9.42. The summed E-state index contributed by atoms with van der Waals surface area (Å²) in [6, 6.07) is 0.458. The first-order valence-corrected chi connectivity index (χ1v) is 9.21. The van der Waals surface area contributed by atoms with Gasteiger partial charge in [0.15, 0.2) is 0 Å². The van der Waals surface area contributed by atoms with Crippen LogP contribution in [0.4, 0.5) is 0 Å². The van der Waals surface area contributed by atoms with Crippen LogP contribution in [0.1, 0.15) is 46.5 Å². The molecule has 25 heavy (non-hydrogen) atoms. The van der Waals surface area contributed by atoms with Gasteiger partial charge in [-0.3, -0.25) is 0 Å². The van der Waals surface area contributed by atoms with Crippen LogP contribution in [0.3, 0.4) is 0 Å². The molecule has 140 valence electrons. The molecule has 1 unspecified atom stereocenters. The van der Waals surface area contributed by atoms with Crippen molar-refractivity contribution in [1.82, 2.24) is 5.32 Å². The summed E-state index contributed by atoms with van der Waals surface area (Å²) < 4.78 is 11.0. The normalized spacial score (nSPS) is 22.7. The SMILES string of the molecule is C=C1/C=C\C/C=C(\C)C/C=C(/CNC(C)CC)N=C1OCCCOC. The van der Waals surface area contributed by atoms with Crippen molar-refractivity contribution in [2.75, 3.05) is 26.9 Å². The van der Waals surface area contributed by atoms with Gasteiger partial charge in [-0.2, -0.15) is 0 Å². The first-order valence-electron chi connectivity index (χ1n) is 9.21. The van der Waals surface area contributed by atoms with E-state index >= 15 is 0 Å². The third-order valence-electron chi connectivity index (χ3n) is 4.08. The van der Waals surface area contributed by atoms with E-state index < -0.39 is 0 Å². The molecule has 0 aromatic rings. The first kappa shape index (κ1) is 21.4. The highest BCUT2D eigenvalue weighted by Crippen LogP contribution is 2.13. The number of hydrogen-bond donors (Lipinski definition) is 1. The number of aliphatic imine (C=N–C) groups is 1. The molecule has 0 amide bonds. The minimum Gasteiger partial charge on any atom is -0.477 e. The van der Waals surface area contributed by atoms with E-state index in [1.165, 1.54) is 5.57 Å². The number of nitrogens with one attached hydrogen (secondary N) is 1. The van der Waals surface area contributed by atoms with Crippen LogP contribution < -0.4 is 5.32 Å². The van der Waals surface area contributed by atoms with Gasteiger partial charge in [0.2, 0.25) is 5.90 Å². The van der Waals surface area contributed by atoms with Gasteiger partial charge in [0.05, 0.1) is 12.3 Å². The molecule has 0 aromatic heterocycles. The zero-order chi connectivity index (χ0) is 18.5. The molecule has 0 aliphatic carbocycles. The molecule has 1 aliphatic rings. The van der Waals surface area contributed by atoms with E-state index in [2.05, 4.69) is 50.9 Å². The second-order valence-corrected chi connectivity index (χ2v) is 6.42. The molecule has 1 N–H and O–H groups in total. The topological polar surface area (TPSA) is 42.9 Å². The largest absolute Gasteiger partial charge is 0.477 e. The second-order valence-electron chi connectivity index (χ2n) is 6.42. The van der Waals surface area contributed by atoms with E-state index in [-0.39, 0.29) is 0 Å². The van der Waals surface area contributed by atoms with Gasteiger partial charge in [0, 0.05) is 38.3 Å². The Morgan fingerprint density at radius 2 is 2.12 bits per heavy atom. The predicted molar refractivity (Wildman–Crippen MR) is 107 cm³/mol. The quantitative estimate of drug-likeness (QED) is 0.517. The Morgan fingerprint density at radius 3 is 2.84 bits per heavy atom. The molecule has 4 nitrogen and oxygen atoms in total. The molecule has 1 atom stereocenters. The fraction of sp³-hybridized carbons (Fsp3) is 0.571. The van der Waals surface area contributed by atoms with Crippen LogP contribution >= 0.6 is 0 Å². The zero-order valence-electron chi connectivity index (χ0n) is 16.3. The Morgan fingerprint density at radius 1 is 1.32 bits per heavy atom. The summed E-state index contributed by atoms with van der Waals surface area (Å²) in [4.78, 5) is 4.77. The number of allylic oxidation sites excluding steroid dienone is 4. The van der Waals surface area contributed by atoms with Crippen molar-refractivity contribution in [2.45, 2.75) is 52.5 Å². The Hall–Kier alpha value is -1.65. The molecular formula is C21H34N2O2. The van der Waals surface area contributed by atoms with Crippen LogP contribution in [0.2, 0.25) is 0 Å². The fourth-order valence-corrected chi connectivity index (χ4v) is 2.19. The average Bonchev–Trinajstić information content (AvgIpc) is 2.64. The number of nitrogens with zero attached hydrogens (tertiary/aromatic N) is 1. The van der Waals surface area contributed by atoms with Crippen molar-refractivity contribution in [2.24, 2.45) is 4.99 Å². The van der Waals surface area contributed by atoms with Crippen LogP contribution in [-0.4, -0.2) is 38.8 Å². The molecule has 1 aliphatic heterocycles. The van der Waals surface area contributed by atoms with Crippen molar-refractivity contribution in [3.05, 3.63) is 47.7 Å². The number of methoxy groups -OCH3 is 1. The summed E-state index contributed by atoms with van der Waals surface area (Å²) in [5.74, 6) is 0.601. The predicted octanol–water partition coefficient (Wildman–Crippen LogP) is 4.56. The van der Waals surface area contributed by atoms with Crippen molar-refractivity contribution in [1.29, 1.82) is 0 Å². The van der Waals surface area contributed by atoms with Gasteiger partial charge in [-0.05, 0) is 33.1 Å². The summed E-state index contributed by atoms with van der Waals surface area (Å²) >= 11 is 0. The zero-order valence-corrected chi connectivity index (χ0v) is 16.3. The first-order chi connectivity index (χ1) is 12.1. The fourth-order valence-electron chi connectivity index (χ4n) is 2.19. The summed E-state index contributed by atoms with van der Waals surface area (Å²) in [6.07, 6.45) is 12.2. The van der Waals surface area contributed by atoms with Crippen LogP contribution in [-0.2, 0) is 9.47 Å². The number of rotatable bonds is 8. The van der Waals surface area contributed by atoms with Gasteiger partial charge < -0.3 is 14.8 Å². The van der Waals surface area contributed by atoms with Gasteiger partial charge in [0.1, 0.15) is 0 Å². The Kier molecular flexibility index (Phi) is 10.8. The maximum atomic E-state index is 5.89. The lowest BCUT2D eigenvalue weighted by molar-refractivity contribution is 0.169. The van der Waals surface area contributed by atoms with E-state index in [0.29, 0.717) is 25.2 Å². The summed E-state index contributed by atoms with van der Waals surface area (Å²) in [7, 11) is 1.70. The standard InChI is InChI=1S/C21H34N2O2/c1-6-19(4)22-16-20-13-12-17(2)10-7-8-11-18(3)21(23-20)25-15-9-14-24-5/h8,10-11,13,19,22H,3,6-7,9,12,14-16H2,1-2,4-5H3/b11-8-,17-10+,20-13-,23-21?. The summed E-state index contributed by atoms with van der Waals surface area (Å²) in [5, 5.41) is 3.51. The molecule has 1 rings (SSSR count). The molecule has 0 fully saturated rings. The molecule has 0 saturated carbocycles. The molecule has 0 bridgehead atoms. The second kappa shape index (κ2) is 12.7. The smallest absolute Gasteiger partial charge is 0.220 e. The highest BCUT2D eigenvalue weighted by atomic mass is 16.5. The molecule has 0 aromatic carbocycles. The average molecular weight is 347 g/mol. The van der Waals surface area contributed by atoms with Gasteiger partial charge in [-0.25, -0.2) is 4.99 Å². The van der Waals surface area contributed by atoms with Crippen LogP contribution in [0.5, 0.6) is 0 Å². The molecular weight excluding hydrogens is 312 g/mol. The lowest BCUT2D eigenvalue weighted by Crippen LogP contribution is -2.27.